The first kappa shape index (κ1) is 20.9. The first-order chi connectivity index (χ1) is 13.7. The average molecular weight is 381 g/mol. The van der Waals surface area contributed by atoms with Gasteiger partial charge in [0.15, 0.2) is 0 Å². The van der Waals surface area contributed by atoms with Crippen molar-refractivity contribution in [3.05, 3.63) is 42.0 Å². The third kappa shape index (κ3) is 5.83. The van der Waals surface area contributed by atoms with Gasteiger partial charge in [0.05, 0.1) is 0 Å². The number of carbonyl (C=O) groups is 1. The molecule has 1 aliphatic carbocycles. The van der Waals surface area contributed by atoms with Crippen LogP contribution >= 0.6 is 0 Å². The molecule has 0 amide bonds. The van der Waals surface area contributed by atoms with Crippen molar-refractivity contribution in [3.63, 3.8) is 0 Å². The van der Waals surface area contributed by atoms with Crippen molar-refractivity contribution in [2.24, 2.45) is 5.92 Å². The summed E-state index contributed by atoms with van der Waals surface area (Å²) in [4.78, 5) is 11.9. The van der Waals surface area contributed by atoms with Crippen LogP contribution in [0.4, 0.5) is 0 Å². The summed E-state index contributed by atoms with van der Waals surface area (Å²) < 4.78 is 5.48. The van der Waals surface area contributed by atoms with E-state index in [2.05, 4.69) is 38.1 Å². The topological polar surface area (TPSA) is 26.3 Å². The Morgan fingerprint density at radius 1 is 0.893 bits per heavy atom. The molecule has 0 saturated heterocycles. The van der Waals surface area contributed by atoms with Crippen LogP contribution in [0.3, 0.4) is 0 Å². The molecule has 1 saturated carbocycles. The summed E-state index contributed by atoms with van der Waals surface area (Å²) in [6.45, 7) is 4.37. The Balaban J connectivity index is 1.59. The van der Waals surface area contributed by atoms with E-state index >= 15 is 0 Å². The van der Waals surface area contributed by atoms with E-state index in [4.69, 9.17) is 4.74 Å². The Kier molecular flexibility index (Phi) is 7.94. The van der Waals surface area contributed by atoms with Crippen LogP contribution in [-0.2, 0) is 4.79 Å². The Morgan fingerprint density at radius 3 is 2.36 bits per heavy atom. The molecule has 0 aliphatic heterocycles. The fourth-order valence-electron chi connectivity index (χ4n) is 4.53. The lowest BCUT2D eigenvalue weighted by molar-refractivity contribution is -0.134. The molecule has 0 radical (unpaired) electrons. The molecule has 0 N–H and O–H groups in total. The van der Waals surface area contributed by atoms with Crippen LogP contribution in [0.15, 0.2) is 36.4 Å². The third-order valence-corrected chi connectivity index (χ3v) is 6.34. The molecule has 28 heavy (non-hydrogen) atoms. The second kappa shape index (κ2) is 10.6. The minimum atomic E-state index is -0.131. The zero-order valence-electron chi connectivity index (χ0n) is 17.7. The minimum absolute atomic E-state index is 0.131. The first-order valence-corrected chi connectivity index (χ1v) is 11.4. The summed E-state index contributed by atoms with van der Waals surface area (Å²) in [6, 6.07) is 12.8. The smallest absolute Gasteiger partial charge is 0.311 e. The van der Waals surface area contributed by atoms with Crippen LogP contribution in [0.5, 0.6) is 5.75 Å². The summed E-state index contributed by atoms with van der Waals surface area (Å²) in [6.07, 6.45) is 13.4. The minimum Gasteiger partial charge on any atom is -0.427 e. The second-order valence-electron chi connectivity index (χ2n) is 8.56. The molecule has 3 rings (SSSR count). The number of rotatable bonds is 9. The maximum absolute atomic E-state index is 11.9. The van der Waals surface area contributed by atoms with Crippen molar-refractivity contribution in [1.82, 2.24) is 0 Å². The summed E-state index contributed by atoms with van der Waals surface area (Å²) in [5.74, 6) is 2.19. The highest BCUT2D eigenvalue weighted by Gasteiger charge is 2.22. The number of esters is 1. The first-order valence-electron chi connectivity index (χ1n) is 11.4. The van der Waals surface area contributed by atoms with E-state index in [1.807, 2.05) is 12.1 Å². The van der Waals surface area contributed by atoms with Gasteiger partial charge in [-0.1, -0.05) is 70.2 Å². The van der Waals surface area contributed by atoms with Crippen LogP contribution in [0.1, 0.15) is 96.0 Å². The fourth-order valence-corrected chi connectivity index (χ4v) is 4.53. The van der Waals surface area contributed by atoms with Gasteiger partial charge in [0.1, 0.15) is 5.75 Å². The van der Waals surface area contributed by atoms with E-state index in [0.29, 0.717) is 18.1 Å². The Labute approximate surface area is 170 Å². The Hall–Kier alpha value is -1.83. The zero-order chi connectivity index (χ0) is 19.8. The lowest BCUT2D eigenvalue weighted by atomic mass is 9.77. The number of benzene rings is 2. The molecule has 2 aromatic rings. The van der Waals surface area contributed by atoms with E-state index in [9.17, 15) is 4.79 Å². The monoisotopic (exact) mass is 380 g/mol. The fraction of sp³-hybridized carbons (Fsp3) is 0.577. The van der Waals surface area contributed by atoms with Gasteiger partial charge in [-0.3, -0.25) is 4.79 Å². The summed E-state index contributed by atoms with van der Waals surface area (Å²) in [5.41, 5.74) is 1.48. The van der Waals surface area contributed by atoms with Gasteiger partial charge in [0.25, 0.3) is 0 Å². The number of fused-ring (bicyclic) bond motifs is 1. The molecule has 0 bridgehead atoms. The van der Waals surface area contributed by atoms with E-state index in [1.54, 1.807) is 0 Å². The number of carbonyl (C=O) groups excluding carboxylic acids is 1. The van der Waals surface area contributed by atoms with Gasteiger partial charge in [-0.2, -0.15) is 0 Å². The molecule has 0 atom stereocenters. The number of hydrogen-bond donors (Lipinski definition) is 0. The van der Waals surface area contributed by atoms with Crippen molar-refractivity contribution < 1.29 is 9.53 Å². The van der Waals surface area contributed by atoms with Crippen molar-refractivity contribution in [1.29, 1.82) is 0 Å². The van der Waals surface area contributed by atoms with Crippen LogP contribution in [0.25, 0.3) is 10.8 Å². The maximum atomic E-state index is 11.9. The molecule has 2 heteroatoms. The SMILES string of the molecule is CCCCC[C@H]1CC[C@H](c2ccc3cc(OC(=O)CCCC)ccc3c2)CC1. The van der Waals surface area contributed by atoms with Gasteiger partial charge in [-0.05, 0) is 72.4 Å². The van der Waals surface area contributed by atoms with E-state index in [1.165, 1.54) is 62.3 Å². The highest BCUT2D eigenvalue weighted by atomic mass is 16.5. The van der Waals surface area contributed by atoms with E-state index in [0.717, 1.165) is 24.1 Å². The zero-order valence-corrected chi connectivity index (χ0v) is 17.7. The molecule has 2 nitrogen and oxygen atoms in total. The number of hydrogen-bond acceptors (Lipinski definition) is 2. The van der Waals surface area contributed by atoms with Crippen molar-refractivity contribution >= 4 is 16.7 Å². The Morgan fingerprint density at radius 2 is 1.61 bits per heavy atom. The molecule has 0 unspecified atom stereocenters. The van der Waals surface area contributed by atoms with E-state index in [-0.39, 0.29) is 5.97 Å². The van der Waals surface area contributed by atoms with Gasteiger partial charge in [-0.25, -0.2) is 0 Å². The van der Waals surface area contributed by atoms with Gasteiger partial charge < -0.3 is 4.74 Å². The molecular weight excluding hydrogens is 344 g/mol. The predicted octanol–water partition coefficient (Wildman–Crippen LogP) is 7.79. The van der Waals surface area contributed by atoms with E-state index < -0.39 is 0 Å². The van der Waals surface area contributed by atoms with Crippen LogP contribution < -0.4 is 4.74 Å². The normalized spacial score (nSPS) is 19.6. The molecule has 2 aromatic carbocycles. The molecule has 0 spiro atoms. The largest absolute Gasteiger partial charge is 0.427 e. The van der Waals surface area contributed by atoms with Crippen LogP contribution in [0.2, 0.25) is 0 Å². The summed E-state index contributed by atoms with van der Waals surface area (Å²) in [5, 5.41) is 2.40. The molecule has 0 aromatic heterocycles. The quantitative estimate of drug-likeness (QED) is 0.252. The molecule has 1 aliphatic rings. The molecular formula is C26H36O2. The number of unbranched alkanes of at least 4 members (excludes halogenated alkanes) is 3. The van der Waals surface area contributed by atoms with Crippen molar-refractivity contribution in [3.8, 4) is 5.75 Å². The third-order valence-electron chi connectivity index (χ3n) is 6.34. The number of ether oxygens (including phenoxy) is 1. The van der Waals surface area contributed by atoms with Crippen molar-refractivity contribution in [2.45, 2.75) is 90.4 Å². The Bertz CT molecular complexity index is 756. The molecule has 152 valence electrons. The van der Waals surface area contributed by atoms with Crippen molar-refractivity contribution in [2.75, 3.05) is 0 Å². The average Bonchev–Trinajstić information content (AvgIpc) is 2.72. The lowest BCUT2D eigenvalue weighted by Gasteiger charge is -2.29. The molecule has 0 heterocycles. The summed E-state index contributed by atoms with van der Waals surface area (Å²) in [7, 11) is 0. The summed E-state index contributed by atoms with van der Waals surface area (Å²) >= 11 is 0. The highest BCUT2D eigenvalue weighted by molar-refractivity contribution is 5.85. The molecule has 1 fully saturated rings. The second-order valence-corrected chi connectivity index (χ2v) is 8.56. The lowest BCUT2D eigenvalue weighted by Crippen LogP contribution is -2.13. The van der Waals surface area contributed by atoms with Gasteiger partial charge in [0.2, 0.25) is 0 Å². The standard InChI is InChI=1S/C26H36O2/c1-3-5-7-8-20-10-12-21(13-11-20)22-14-15-24-19-25(17-16-23(24)18-22)28-26(27)9-6-4-2/h14-21H,3-13H2,1-2H3/t20-,21-. The predicted molar refractivity (Wildman–Crippen MR) is 118 cm³/mol. The van der Waals surface area contributed by atoms with Gasteiger partial charge >= 0.3 is 5.97 Å². The van der Waals surface area contributed by atoms with Gasteiger partial charge in [-0.15, -0.1) is 0 Å². The van der Waals surface area contributed by atoms with Gasteiger partial charge in [0, 0.05) is 6.42 Å². The maximum Gasteiger partial charge on any atom is 0.311 e. The van der Waals surface area contributed by atoms with Crippen LogP contribution in [-0.4, -0.2) is 5.97 Å². The van der Waals surface area contributed by atoms with Crippen LogP contribution in [0, 0.1) is 5.92 Å². The highest BCUT2D eigenvalue weighted by Crippen LogP contribution is 2.38.